The van der Waals surface area contributed by atoms with Crippen LogP contribution in [0.5, 0.6) is 0 Å². The van der Waals surface area contributed by atoms with Crippen LogP contribution in [0.1, 0.15) is 52.0 Å². The number of carbonyl (C=O) groups excluding carboxylic acids is 3. The lowest BCUT2D eigenvalue weighted by Gasteiger charge is -2.59. The molecular formula is C32H37F3N10O5. The molecule has 0 unspecified atom stereocenters. The van der Waals surface area contributed by atoms with E-state index < -0.39 is 17.8 Å². The summed E-state index contributed by atoms with van der Waals surface area (Å²) in [6, 6.07) is 6.92. The topological polar surface area (TPSA) is 196 Å². The fraction of sp³-hybridized carbons (Fsp3) is 0.469. The van der Waals surface area contributed by atoms with Gasteiger partial charge in [0.1, 0.15) is 6.54 Å². The highest BCUT2D eigenvalue weighted by atomic mass is 19.4. The van der Waals surface area contributed by atoms with Crippen molar-refractivity contribution in [1.29, 1.82) is 5.26 Å². The molecule has 2 saturated heterocycles. The van der Waals surface area contributed by atoms with Crippen molar-refractivity contribution >= 4 is 30.0 Å². The summed E-state index contributed by atoms with van der Waals surface area (Å²) in [6.07, 6.45) is -0.104. The predicted molar refractivity (Wildman–Crippen MR) is 172 cm³/mol. The van der Waals surface area contributed by atoms with Gasteiger partial charge < -0.3 is 35.4 Å². The number of aryl methyl sites for hydroxylation is 1. The molecule has 4 N–H and O–H groups in total. The van der Waals surface area contributed by atoms with Crippen LogP contribution < -0.4 is 11.1 Å². The van der Waals surface area contributed by atoms with Gasteiger partial charge in [-0.05, 0) is 43.0 Å². The average molecular weight is 699 g/mol. The number of piperazine rings is 1. The number of rotatable bonds is 6. The van der Waals surface area contributed by atoms with Crippen LogP contribution in [0.4, 0.5) is 23.7 Å². The van der Waals surface area contributed by atoms with Crippen molar-refractivity contribution in [3.05, 3.63) is 53.2 Å². The lowest BCUT2D eigenvalue weighted by Crippen LogP contribution is -2.68. The average Bonchev–Trinajstić information content (AvgIpc) is 3.65. The highest BCUT2D eigenvalue weighted by molar-refractivity contribution is 6.03. The van der Waals surface area contributed by atoms with Gasteiger partial charge in [-0.3, -0.25) is 19.1 Å². The summed E-state index contributed by atoms with van der Waals surface area (Å²) >= 11 is 0. The quantitative estimate of drug-likeness (QED) is 0.324. The Bertz CT molecular complexity index is 1810. The molecule has 15 nitrogen and oxygen atoms in total. The van der Waals surface area contributed by atoms with E-state index in [-0.39, 0.29) is 53.5 Å². The van der Waals surface area contributed by atoms with Gasteiger partial charge in [0, 0.05) is 75.2 Å². The van der Waals surface area contributed by atoms with Crippen molar-refractivity contribution in [2.45, 2.75) is 44.9 Å². The van der Waals surface area contributed by atoms with Crippen molar-refractivity contribution in [1.82, 2.24) is 34.0 Å². The van der Waals surface area contributed by atoms with Crippen molar-refractivity contribution in [3.8, 4) is 17.3 Å². The molecule has 1 aromatic carbocycles. The maximum atomic E-state index is 13.7. The standard InChI is InChI=1S/C31H35F3N10O3.CH2O2/c1-3-19-12-21(38-27(45)26-37-15-24(40(26)2)23-16-44(7-6-35)39-25(23)31(32,33)34)4-5-22(19)28(46)41-8-10-42(11-9-41)29(47)43-17-30(18-43)13-20(36)14-30;2-1-3/h4-5,12,15-16,20H,3,7-11,13-14,17-18,36H2,1-2H3,(H,38,45);1H,(H,2,3). The first kappa shape index (κ1) is 35.9. The number of anilines is 1. The first-order chi connectivity index (χ1) is 23.7. The molecule has 18 heteroatoms. The number of hydrogen-bond donors (Lipinski definition) is 3. The van der Waals surface area contributed by atoms with Crippen LogP contribution in [0, 0.1) is 16.7 Å². The van der Waals surface area contributed by atoms with Gasteiger partial charge in [0.15, 0.2) is 11.5 Å². The van der Waals surface area contributed by atoms with Crippen molar-refractivity contribution in [2.75, 3.05) is 44.6 Å². The number of nitriles is 1. The van der Waals surface area contributed by atoms with Gasteiger partial charge in [-0.1, -0.05) is 6.92 Å². The number of benzene rings is 1. The molecule has 3 aromatic rings. The fourth-order valence-electron chi connectivity index (χ4n) is 6.88. The Balaban J connectivity index is 0.00000156. The number of urea groups is 1. The largest absolute Gasteiger partial charge is 0.483 e. The highest BCUT2D eigenvalue weighted by Crippen LogP contribution is 2.47. The van der Waals surface area contributed by atoms with Crippen LogP contribution in [0.25, 0.3) is 11.3 Å². The molecule has 0 radical (unpaired) electrons. The van der Waals surface area contributed by atoms with E-state index >= 15 is 0 Å². The number of hydrogen-bond acceptors (Lipinski definition) is 8. The Morgan fingerprint density at radius 2 is 1.78 bits per heavy atom. The van der Waals surface area contributed by atoms with E-state index in [1.54, 1.807) is 34.1 Å². The summed E-state index contributed by atoms with van der Waals surface area (Å²) in [7, 11) is 1.41. The number of halogens is 3. The number of likely N-dealkylation sites (tertiary alicyclic amines) is 1. The van der Waals surface area contributed by atoms with E-state index in [0.717, 1.165) is 43.0 Å². The number of nitrogens with zero attached hydrogens (tertiary/aromatic N) is 8. The van der Waals surface area contributed by atoms with Crippen molar-refractivity contribution in [3.63, 3.8) is 0 Å². The first-order valence-corrected chi connectivity index (χ1v) is 15.9. The van der Waals surface area contributed by atoms with Gasteiger partial charge in [0.05, 0.1) is 23.5 Å². The number of nitrogens with one attached hydrogen (secondary N) is 1. The number of alkyl halides is 3. The number of carbonyl (C=O) groups is 4. The first-order valence-electron chi connectivity index (χ1n) is 15.9. The normalized spacial score (nSPS) is 16.9. The van der Waals surface area contributed by atoms with E-state index in [1.807, 2.05) is 11.8 Å². The van der Waals surface area contributed by atoms with Crippen LogP contribution in [-0.4, -0.2) is 109 Å². The monoisotopic (exact) mass is 698 g/mol. The molecule has 0 bridgehead atoms. The summed E-state index contributed by atoms with van der Waals surface area (Å²) in [5.41, 5.74) is 6.23. The summed E-state index contributed by atoms with van der Waals surface area (Å²) in [6.45, 7) is 4.45. The third kappa shape index (κ3) is 7.13. The van der Waals surface area contributed by atoms with Crippen LogP contribution in [0.15, 0.2) is 30.6 Å². The molecule has 4 amide bonds. The zero-order valence-electron chi connectivity index (χ0n) is 27.5. The molecule has 266 valence electrons. The zero-order valence-corrected chi connectivity index (χ0v) is 27.5. The SMILES string of the molecule is CCc1cc(NC(=O)c2ncc(-c3cn(CC#N)nc3C(F)(F)F)n2C)ccc1C(=O)N1CCN(C(=O)N2CC3(CC(N)C3)C2)CC1.O=CO. The smallest absolute Gasteiger partial charge is 0.435 e. The van der Waals surface area contributed by atoms with E-state index in [4.69, 9.17) is 20.9 Å². The Hall–Kier alpha value is -5.44. The Morgan fingerprint density at radius 1 is 1.14 bits per heavy atom. The molecule has 4 heterocycles. The zero-order chi connectivity index (χ0) is 36.4. The molecule has 1 aliphatic carbocycles. The molecule has 6 rings (SSSR count). The summed E-state index contributed by atoms with van der Waals surface area (Å²) in [5, 5.41) is 22.0. The van der Waals surface area contributed by atoms with Gasteiger partial charge in [-0.25, -0.2) is 9.78 Å². The number of aromatic nitrogens is 4. The second-order valence-corrected chi connectivity index (χ2v) is 12.6. The maximum Gasteiger partial charge on any atom is 0.435 e. The van der Waals surface area contributed by atoms with Gasteiger partial charge >= 0.3 is 12.2 Å². The lowest BCUT2D eigenvalue weighted by molar-refractivity contribution is -0.141. The van der Waals surface area contributed by atoms with E-state index in [2.05, 4.69) is 15.4 Å². The van der Waals surface area contributed by atoms with Crippen LogP contribution in [0.3, 0.4) is 0 Å². The Labute approximate surface area is 285 Å². The molecule has 3 aliphatic rings. The summed E-state index contributed by atoms with van der Waals surface area (Å²) in [4.78, 5) is 57.4. The molecule has 2 aliphatic heterocycles. The van der Waals surface area contributed by atoms with Crippen molar-refractivity contribution < 1.29 is 37.5 Å². The summed E-state index contributed by atoms with van der Waals surface area (Å²) < 4.78 is 43.1. The maximum absolute atomic E-state index is 13.7. The molecule has 1 saturated carbocycles. The van der Waals surface area contributed by atoms with Gasteiger partial charge in [0.2, 0.25) is 0 Å². The van der Waals surface area contributed by atoms with Gasteiger partial charge in [0.25, 0.3) is 18.3 Å². The van der Waals surface area contributed by atoms with E-state index in [1.165, 1.54) is 11.6 Å². The highest BCUT2D eigenvalue weighted by Gasteiger charge is 2.53. The van der Waals surface area contributed by atoms with Gasteiger partial charge in [-0.2, -0.15) is 23.5 Å². The molecule has 0 atom stereocenters. The van der Waals surface area contributed by atoms with E-state index in [9.17, 15) is 27.6 Å². The second-order valence-electron chi connectivity index (χ2n) is 12.6. The minimum Gasteiger partial charge on any atom is -0.483 e. The van der Waals surface area contributed by atoms with Crippen LogP contribution >= 0.6 is 0 Å². The minimum absolute atomic E-state index is 0.000504. The second kappa shape index (κ2) is 14.2. The number of carboxylic acid groups (broad SMARTS) is 1. The van der Waals surface area contributed by atoms with Crippen molar-refractivity contribution in [2.24, 2.45) is 18.2 Å². The molecule has 3 fully saturated rings. The van der Waals surface area contributed by atoms with E-state index in [0.29, 0.717) is 49.4 Å². The lowest BCUT2D eigenvalue weighted by atomic mass is 9.61. The Kier molecular flexibility index (Phi) is 10.2. The number of imidazole rings is 1. The fourth-order valence-corrected chi connectivity index (χ4v) is 6.88. The molecular weight excluding hydrogens is 661 g/mol. The van der Waals surface area contributed by atoms with Crippen LogP contribution in [0.2, 0.25) is 0 Å². The third-order valence-electron chi connectivity index (χ3n) is 9.26. The molecule has 2 aromatic heterocycles. The van der Waals surface area contributed by atoms with Crippen LogP contribution in [-0.2, 0) is 31.0 Å². The number of amides is 4. The molecule has 1 spiro atoms. The predicted octanol–water partition coefficient (Wildman–Crippen LogP) is 2.64. The summed E-state index contributed by atoms with van der Waals surface area (Å²) in [5.74, 6) is -0.965. The van der Waals surface area contributed by atoms with Gasteiger partial charge in [-0.15, -0.1) is 0 Å². The molecule has 50 heavy (non-hydrogen) atoms. The minimum atomic E-state index is -4.79. The Morgan fingerprint density at radius 3 is 2.36 bits per heavy atom. The third-order valence-corrected chi connectivity index (χ3v) is 9.26. The number of nitrogens with two attached hydrogens (primary N) is 1.